The first-order chi connectivity index (χ1) is 9.72. The molecule has 0 saturated carbocycles. The highest BCUT2D eigenvalue weighted by Gasteiger charge is 2.19. The van der Waals surface area contributed by atoms with Crippen LogP contribution in [0.5, 0.6) is 5.75 Å². The van der Waals surface area contributed by atoms with Gasteiger partial charge in [0.15, 0.2) is 0 Å². The van der Waals surface area contributed by atoms with Crippen LogP contribution in [0.2, 0.25) is 0 Å². The fraction of sp³-hybridized carbons (Fsp3) is 0.647. The number of hydrogen-bond donors (Lipinski definition) is 1. The Balaban J connectivity index is 2.63. The molecule has 0 radical (unpaired) electrons. The van der Waals surface area contributed by atoms with E-state index in [4.69, 9.17) is 15.2 Å². The molecule has 1 rings (SSSR count). The van der Waals surface area contributed by atoms with Crippen molar-refractivity contribution in [2.24, 2.45) is 5.73 Å². The van der Waals surface area contributed by atoms with Crippen LogP contribution in [0.25, 0.3) is 0 Å². The summed E-state index contributed by atoms with van der Waals surface area (Å²) >= 11 is 0. The third kappa shape index (κ3) is 5.51. The molecule has 0 bridgehead atoms. The first kappa shape index (κ1) is 17.0. The van der Waals surface area contributed by atoms with Crippen LogP contribution in [0.15, 0.2) is 24.3 Å². The minimum absolute atomic E-state index is 0.0216. The number of unbranched alkanes of at least 4 members (excludes halogenated alkanes) is 3. The molecule has 0 aromatic heterocycles. The molecular weight excluding hydrogens is 250 g/mol. The molecular formula is C17H29NO2. The maximum Gasteiger partial charge on any atom is 0.119 e. The van der Waals surface area contributed by atoms with Gasteiger partial charge in [-0.2, -0.15) is 0 Å². The van der Waals surface area contributed by atoms with Gasteiger partial charge in [0.2, 0.25) is 0 Å². The van der Waals surface area contributed by atoms with Gasteiger partial charge in [0.1, 0.15) is 5.75 Å². The van der Waals surface area contributed by atoms with Crippen LogP contribution < -0.4 is 10.5 Å². The van der Waals surface area contributed by atoms with Crippen LogP contribution in [-0.4, -0.2) is 19.8 Å². The maximum atomic E-state index is 6.22. The molecule has 0 fully saturated rings. The first-order valence-corrected chi connectivity index (χ1v) is 7.74. The summed E-state index contributed by atoms with van der Waals surface area (Å²) in [5.74, 6) is 0.852. The van der Waals surface area contributed by atoms with Crippen LogP contribution in [0.1, 0.15) is 57.6 Å². The van der Waals surface area contributed by atoms with E-state index in [-0.39, 0.29) is 12.1 Å². The van der Waals surface area contributed by atoms with E-state index in [1.165, 1.54) is 19.3 Å². The third-order valence-electron chi connectivity index (χ3n) is 3.58. The molecule has 3 heteroatoms. The molecule has 1 aromatic carbocycles. The fourth-order valence-corrected chi connectivity index (χ4v) is 2.24. The van der Waals surface area contributed by atoms with Crippen LogP contribution in [0.4, 0.5) is 0 Å². The van der Waals surface area contributed by atoms with Gasteiger partial charge in [-0.1, -0.05) is 45.2 Å². The molecule has 0 aliphatic carbocycles. The molecule has 0 saturated heterocycles. The third-order valence-corrected chi connectivity index (χ3v) is 3.58. The Kier molecular flexibility index (Phi) is 8.31. The summed E-state index contributed by atoms with van der Waals surface area (Å²) in [6, 6.07) is 8.04. The number of rotatable bonds is 10. The second-order valence-corrected chi connectivity index (χ2v) is 5.20. The topological polar surface area (TPSA) is 44.5 Å². The van der Waals surface area contributed by atoms with E-state index in [1.807, 2.05) is 18.2 Å². The lowest BCUT2D eigenvalue weighted by Gasteiger charge is -2.24. The quantitative estimate of drug-likeness (QED) is 0.657. The zero-order valence-electron chi connectivity index (χ0n) is 13.1. The standard InChI is InChI=1S/C17H29NO2/c1-4-6-7-8-12-20-17(16(18)5-2)14-10-9-11-15(13-14)19-3/h9-11,13,16-17H,4-8,12,18H2,1-3H3. The van der Waals surface area contributed by atoms with Crippen molar-refractivity contribution < 1.29 is 9.47 Å². The predicted molar refractivity (Wildman–Crippen MR) is 84.1 cm³/mol. The fourth-order valence-electron chi connectivity index (χ4n) is 2.24. The maximum absolute atomic E-state index is 6.22. The highest BCUT2D eigenvalue weighted by molar-refractivity contribution is 5.30. The Morgan fingerprint density at radius 3 is 2.60 bits per heavy atom. The molecule has 3 nitrogen and oxygen atoms in total. The summed E-state index contributed by atoms with van der Waals surface area (Å²) in [6.07, 6.45) is 5.70. The van der Waals surface area contributed by atoms with E-state index < -0.39 is 0 Å². The lowest BCUT2D eigenvalue weighted by atomic mass is 10.0. The summed E-state index contributed by atoms with van der Waals surface area (Å²) in [5, 5.41) is 0. The number of hydrogen-bond acceptors (Lipinski definition) is 3. The summed E-state index contributed by atoms with van der Waals surface area (Å²) in [6.45, 7) is 5.08. The average Bonchev–Trinajstić information content (AvgIpc) is 2.50. The molecule has 0 spiro atoms. The normalized spacial score (nSPS) is 14.0. The average molecular weight is 279 g/mol. The van der Waals surface area contributed by atoms with Gasteiger partial charge in [-0.3, -0.25) is 0 Å². The largest absolute Gasteiger partial charge is 0.497 e. The Labute approximate surface area is 123 Å². The molecule has 1 aromatic rings. The summed E-state index contributed by atoms with van der Waals surface area (Å²) in [5.41, 5.74) is 7.32. The summed E-state index contributed by atoms with van der Waals surface area (Å²) in [7, 11) is 1.68. The molecule has 2 atom stereocenters. The number of nitrogens with two attached hydrogens (primary N) is 1. The molecule has 2 N–H and O–H groups in total. The van der Waals surface area contributed by atoms with E-state index in [2.05, 4.69) is 19.9 Å². The number of ether oxygens (including phenoxy) is 2. The lowest BCUT2D eigenvalue weighted by molar-refractivity contribution is 0.0310. The van der Waals surface area contributed by atoms with Crippen molar-refractivity contribution in [1.82, 2.24) is 0 Å². The zero-order valence-corrected chi connectivity index (χ0v) is 13.1. The monoisotopic (exact) mass is 279 g/mol. The highest BCUT2D eigenvalue weighted by atomic mass is 16.5. The van der Waals surface area contributed by atoms with E-state index in [0.29, 0.717) is 0 Å². The molecule has 20 heavy (non-hydrogen) atoms. The van der Waals surface area contributed by atoms with Gasteiger partial charge in [-0.15, -0.1) is 0 Å². The first-order valence-electron chi connectivity index (χ1n) is 7.74. The second kappa shape index (κ2) is 9.78. The van der Waals surface area contributed by atoms with Gasteiger partial charge >= 0.3 is 0 Å². The Hall–Kier alpha value is -1.06. The Morgan fingerprint density at radius 1 is 1.15 bits per heavy atom. The van der Waals surface area contributed by atoms with E-state index in [0.717, 1.165) is 30.8 Å². The minimum atomic E-state index is -0.0447. The molecule has 0 aliphatic heterocycles. The minimum Gasteiger partial charge on any atom is -0.497 e. The van der Waals surface area contributed by atoms with Gasteiger partial charge in [-0.05, 0) is 30.5 Å². The van der Waals surface area contributed by atoms with Gasteiger partial charge in [0, 0.05) is 12.6 Å². The Morgan fingerprint density at radius 2 is 1.95 bits per heavy atom. The van der Waals surface area contributed by atoms with E-state index in [9.17, 15) is 0 Å². The van der Waals surface area contributed by atoms with Crippen LogP contribution >= 0.6 is 0 Å². The second-order valence-electron chi connectivity index (χ2n) is 5.20. The summed E-state index contributed by atoms with van der Waals surface area (Å²) < 4.78 is 11.3. The van der Waals surface area contributed by atoms with Crippen molar-refractivity contribution in [2.75, 3.05) is 13.7 Å². The van der Waals surface area contributed by atoms with Gasteiger partial charge < -0.3 is 15.2 Å². The highest BCUT2D eigenvalue weighted by Crippen LogP contribution is 2.25. The van der Waals surface area contributed by atoms with Gasteiger partial charge in [0.25, 0.3) is 0 Å². The van der Waals surface area contributed by atoms with Gasteiger partial charge in [0.05, 0.1) is 13.2 Å². The van der Waals surface area contributed by atoms with Crippen molar-refractivity contribution in [3.63, 3.8) is 0 Å². The molecule has 114 valence electrons. The van der Waals surface area contributed by atoms with Crippen molar-refractivity contribution in [3.8, 4) is 5.75 Å². The van der Waals surface area contributed by atoms with Gasteiger partial charge in [-0.25, -0.2) is 0 Å². The summed E-state index contributed by atoms with van der Waals surface area (Å²) in [4.78, 5) is 0. The van der Waals surface area contributed by atoms with Crippen molar-refractivity contribution >= 4 is 0 Å². The van der Waals surface area contributed by atoms with Crippen LogP contribution in [-0.2, 0) is 4.74 Å². The van der Waals surface area contributed by atoms with Crippen molar-refractivity contribution in [1.29, 1.82) is 0 Å². The molecule has 0 heterocycles. The zero-order chi connectivity index (χ0) is 14.8. The number of methoxy groups -OCH3 is 1. The molecule has 0 aliphatic rings. The predicted octanol–water partition coefficient (Wildman–Crippen LogP) is 4.07. The van der Waals surface area contributed by atoms with E-state index >= 15 is 0 Å². The van der Waals surface area contributed by atoms with Crippen LogP contribution in [0, 0.1) is 0 Å². The number of benzene rings is 1. The van der Waals surface area contributed by atoms with Crippen LogP contribution in [0.3, 0.4) is 0 Å². The SMILES string of the molecule is CCCCCCOC(c1cccc(OC)c1)C(N)CC. The molecule has 0 amide bonds. The Bertz CT molecular complexity index is 368. The smallest absolute Gasteiger partial charge is 0.119 e. The van der Waals surface area contributed by atoms with E-state index in [1.54, 1.807) is 7.11 Å². The molecule has 2 unspecified atom stereocenters. The van der Waals surface area contributed by atoms with Crippen molar-refractivity contribution in [3.05, 3.63) is 29.8 Å². The lowest BCUT2D eigenvalue weighted by Crippen LogP contribution is -2.29. The van der Waals surface area contributed by atoms with Crippen molar-refractivity contribution in [2.45, 2.75) is 58.1 Å².